The van der Waals surface area contributed by atoms with Crippen LogP contribution >= 0.6 is 0 Å². The molecule has 3 heteroatoms. The van der Waals surface area contributed by atoms with Gasteiger partial charge in [-0.05, 0) is 49.4 Å². The molecule has 1 aliphatic heterocycles. The highest BCUT2D eigenvalue weighted by Gasteiger charge is 2.21. The van der Waals surface area contributed by atoms with Crippen LogP contribution < -0.4 is 15.8 Å². The minimum atomic E-state index is 0.0704. The molecule has 0 bridgehead atoms. The molecular weight excluding hydrogens is 236 g/mol. The van der Waals surface area contributed by atoms with Crippen molar-refractivity contribution < 1.29 is 4.74 Å². The third-order valence-electron chi connectivity index (χ3n) is 4.07. The molecule has 0 radical (unpaired) electrons. The second-order valence-corrected chi connectivity index (χ2v) is 5.86. The molecule has 19 heavy (non-hydrogen) atoms. The van der Waals surface area contributed by atoms with E-state index in [4.69, 9.17) is 10.5 Å². The number of benzene rings is 1. The zero-order chi connectivity index (χ0) is 13.8. The van der Waals surface area contributed by atoms with Crippen molar-refractivity contribution >= 4 is 0 Å². The van der Waals surface area contributed by atoms with E-state index in [0.29, 0.717) is 11.8 Å². The van der Waals surface area contributed by atoms with Crippen LogP contribution in [0.3, 0.4) is 0 Å². The maximum absolute atomic E-state index is 6.37. The molecular formula is C16H26N2O. The normalized spacial score (nSPS) is 20.8. The van der Waals surface area contributed by atoms with Gasteiger partial charge in [0.15, 0.2) is 0 Å². The molecule has 2 atom stereocenters. The molecule has 2 rings (SSSR count). The summed E-state index contributed by atoms with van der Waals surface area (Å²) in [6, 6.07) is 6.52. The third kappa shape index (κ3) is 3.48. The molecule has 1 saturated heterocycles. The van der Waals surface area contributed by atoms with Gasteiger partial charge in [-0.15, -0.1) is 0 Å². The zero-order valence-electron chi connectivity index (χ0n) is 12.3. The Morgan fingerprint density at radius 3 is 2.79 bits per heavy atom. The molecule has 0 amide bonds. The van der Waals surface area contributed by atoms with E-state index in [1.807, 2.05) is 0 Å². The average molecular weight is 262 g/mol. The Balaban J connectivity index is 2.13. The van der Waals surface area contributed by atoms with Gasteiger partial charge in [0, 0.05) is 11.6 Å². The first-order valence-electron chi connectivity index (χ1n) is 7.26. The molecule has 0 spiro atoms. The van der Waals surface area contributed by atoms with Crippen LogP contribution in [0.1, 0.15) is 49.8 Å². The first kappa shape index (κ1) is 14.4. The number of methoxy groups -OCH3 is 1. The van der Waals surface area contributed by atoms with E-state index in [2.05, 4.69) is 37.4 Å². The van der Waals surface area contributed by atoms with E-state index in [0.717, 1.165) is 30.8 Å². The van der Waals surface area contributed by atoms with Crippen molar-refractivity contribution in [3.8, 4) is 5.75 Å². The van der Waals surface area contributed by atoms with Crippen LogP contribution in [0.15, 0.2) is 18.2 Å². The van der Waals surface area contributed by atoms with E-state index < -0.39 is 0 Å². The van der Waals surface area contributed by atoms with E-state index in [1.165, 1.54) is 12.0 Å². The van der Waals surface area contributed by atoms with Gasteiger partial charge in [-0.2, -0.15) is 0 Å². The lowest BCUT2D eigenvalue weighted by molar-refractivity contribution is 0.395. The second-order valence-electron chi connectivity index (χ2n) is 5.86. The number of nitrogens with one attached hydrogen (secondary N) is 1. The summed E-state index contributed by atoms with van der Waals surface area (Å²) in [6.45, 7) is 6.61. The van der Waals surface area contributed by atoms with Gasteiger partial charge < -0.3 is 15.8 Å². The fraction of sp³-hybridized carbons (Fsp3) is 0.625. The lowest BCUT2D eigenvalue weighted by Crippen LogP contribution is -2.18. The lowest BCUT2D eigenvalue weighted by Gasteiger charge is -2.20. The highest BCUT2D eigenvalue weighted by Crippen LogP contribution is 2.32. The molecule has 3 nitrogen and oxygen atoms in total. The molecule has 2 unspecified atom stereocenters. The van der Waals surface area contributed by atoms with E-state index in [9.17, 15) is 0 Å². The van der Waals surface area contributed by atoms with Crippen LogP contribution in [0.25, 0.3) is 0 Å². The van der Waals surface area contributed by atoms with Crippen molar-refractivity contribution in [1.29, 1.82) is 0 Å². The van der Waals surface area contributed by atoms with Gasteiger partial charge >= 0.3 is 0 Å². The molecule has 106 valence electrons. The van der Waals surface area contributed by atoms with Crippen molar-refractivity contribution in [1.82, 2.24) is 5.32 Å². The summed E-state index contributed by atoms with van der Waals surface area (Å²) in [4.78, 5) is 0. The predicted molar refractivity (Wildman–Crippen MR) is 79.6 cm³/mol. The monoisotopic (exact) mass is 262 g/mol. The summed E-state index contributed by atoms with van der Waals surface area (Å²) in [5.41, 5.74) is 8.81. The maximum atomic E-state index is 6.37. The lowest BCUT2D eigenvalue weighted by atomic mass is 9.92. The Morgan fingerprint density at radius 1 is 1.42 bits per heavy atom. The van der Waals surface area contributed by atoms with Gasteiger partial charge in [0.05, 0.1) is 7.11 Å². The summed E-state index contributed by atoms with van der Waals surface area (Å²) in [5, 5.41) is 3.39. The summed E-state index contributed by atoms with van der Waals surface area (Å²) >= 11 is 0. The first-order valence-corrected chi connectivity index (χ1v) is 7.26. The molecule has 0 aliphatic carbocycles. The third-order valence-corrected chi connectivity index (χ3v) is 4.07. The largest absolute Gasteiger partial charge is 0.496 e. The van der Waals surface area contributed by atoms with Gasteiger partial charge in [-0.1, -0.05) is 26.0 Å². The van der Waals surface area contributed by atoms with Crippen molar-refractivity contribution in [3.63, 3.8) is 0 Å². The topological polar surface area (TPSA) is 47.3 Å². The maximum Gasteiger partial charge on any atom is 0.123 e. The van der Waals surface area contributed by atoms with Crippen LogP contribution in [0.2, 0.25) is 0 Å². The van der Waals surface area contributed by atoms with E-state index >= 15 is 0 Å². The Hall–Kier alpha value is -1.06. The Bertz CT molecular complexity index is 411. The summed E-state index contributed by atoms with van der Waals surface area (Å²) < 4.78 is 5.53. The van der Waals surface area contributed by atoms with Crippen molar-refractivity contribution in [2.24, 2.45) is 11.7 Å². The molecule has 1 aliphatic rings. The van der Waals surface area contributed by atoms with Gasteiger partial charge in [-0.3, -0.25) is 0 Å². The van der Waals surface area contributed by atoms with Gasteiger partial charge in [0.1, 0.15) is 5.75 Å². The van der Waals surface area contributed by atoms with Crippen LogP contribution in [0.4, 0.5) is 0 Å². The molecule has 1 fully saturated rings. The van der Waals surface area contributed by atoms with Crippen molar-refractivity contribution in [3.05, 3.63) is 29.3 Å². The fourth-order valence-corrected chi connectivity index (χ4v) is 2.79. The summed E-state index contributed by atoms with van der Waals surface area (Å²) in [7, 11) is 1.73. The first-order chi connectivity index (χ1) is 9.11. The highest BCUT2D eigenvalue weighted by molar-refractivity contribution is 5.40. The second kappa shape index (κ2) is 6.40. The average Bonchev–Trinajstić information content (AvgIpc) is 2.90. The molecule has 3 N–H and O–H groups in total. The van der Waals surface area contributed by atoms with Gasteiger partial charge in [-0.25, -0.2) is 0 Å². The number of hydrogen-bond donors (Lipinski definition) is 2. The number of hydrogen-bond acceptors (Lipinski definition) is 3. The SMILES string of the molecule is COc1cc(C(C)C)ccc1C(N)CC1CCNC1. The molecule has 1 heterocycles. The van der Waals surface area contributed by atoms with Crippen LogP contribution in [0.5, 0.6) is 5.75 Å². The molecule has 1 aromatic carbocycles. The van der Waals surface area contributed by atoms with E-state index in [1.54, 1.807) is 7.11 Å². The number of rotatable bonds is 5. The highest BCUT2D eigenvalue weighted by atomic mass is 16.5. The van der Waals surface area contributed by atoms with Crippen LogP contribution in [0, 0.1) is 5.92 Å². The number of nitrogens with two attached hydrogens (primary N) is 1. The van der Waals surface area contributed by atoms with Crippen molar-refractivity contribution in [2.75, 3.05) is 20.2 Å². The van der Waals surface area contributed by atoms with Crippen molar-refractivity contribution in [2.45, 2.75) is 38.6 Å². The van der Waals surface area contributed by atoms with Crippen LogP contribution in [-0.2, 0) is 0 Å². The van der Waals surface area contributed by atoms with Gasteiger partial charge in [0.25, 0.3) is 0 Å². The fourth-order valence-electron chi connectivity index (χ4n) is 2.79. The van der Waals surface area contributed by atoms with Crippen LogP contribution in [-0.4, -0.2) is 20.2 Å². The standard InChI is InChI=1S/C16H26N2O/c1-11(2)13-4-5-14(16(9-13)19-3)15(17)8-12-6-7-18-10-12/h4-5,9,11-12,15,18H,6-8,10,17H2,1-3H3. The minimum Gasteiger partial charge on any atom is -0.496 e. The minimum absolute atomic E-state index is 0.0704. The number of ether oxygens (including phenoxy) is 1. The Morgan fingerprint density at radius 2 is 2.21 bits per heavy atom. The Kier molecular flexibility index (Phi) is 4.83. The summed E-state index contributed by atoms with van der Waals surface area (Å²) in [5.74, 6) is 2.15. The summed E-state index contributed by atoms with van der Waals surface area (Å²) in [6.07, 6.45) is 2.27. The van der Waals surface area contributed by atoms with E-state index in [-0.39, 0.29) is 6.04 Å². The molecule has 0 saturated carbocycles. The quantitative estimate of drug-likeness (QED) is 0.858. The predicted octanol–water partition coefficient (Wildman–Crippen LogP) is 2.82. The Labute approximate surface area is 116 Å². The zero-order valence-corrected chi connectivity index (χ0v) is 12.3. The van der Waals surface area contributed by atoms with Gasteiger partial charge in [0.2, 0.25) is 0 Å². The molecule has 0 aromatic heterocycles. The smallest absolute Gasteiger partial charge is 0.123 e. The molecule has 1 aromatic rings.